The molecule has 0 atom stereocenters. The topological polar surface area (TPSA) is 47.7 Å². The predicted molar refractivity (Wildman–Crippen MR) is 9.78 cm³/mol. The zero-order valence-corrected chi connectivity index (χ0v) is 1.84. The first-order valence-corrected chi connectivity index (χ1v) is 0.654. The van der Waals surface area contributed by atoms with Crippen LogP contribution in [0.15, 0.2) is 0 Å². The van der Waals surface area contributed by atoms with Crippen molar-refractivity contribution in [2.24, 2.45) is 0 Å². The summed E-state index contributed by atoms with van der Waals surface area (Å²) in [6, 6.07) is 0. The summed E-state index contributed by atoms with van der Waals surface area (Å²) in [5, 5.41) is 7.01. The molecule has 0 heterocycles. The van der Waals surface area contributed by atoms with Crippen molar-refractivity contribution in [1.29, 1.82) is 0 Å². The Bertz CT molecular complexity index is 17.2. The second kappa shape index (κ2) is 2.43. The van der Waals surface area contributed by atoms with Crippen LogP contribution in [0, 0.1) is 0 Å². The molecule has 0 saturated heterocycles. The van der Waals surface area contributed by atoms with Crippen LogP contribution < -0.4 is 0 Å². The van der Waals surface area contributed by atoms with E-state index in [0.29, 0.717) is 0 Å². The summed E-state index contributed by atoms with van der Waals surface area (Å²) >= 11 is 0. The third kappa shape index (κ3) is 1.43. The van der Waals surface area contributed by atoms with Crippen LogP contribution in [0.5, 0.6) is 0 Å². The molecular weight excluding hydrogens is 60.0 g/mol. The highest BCUT2D eigenvalue weighted by Crippen LogP contribution is 1.33. The van der Waals surface area contributed by atoms with Crippen LogP contribution in [0.2, 0.25) is 0 Å². The number of carbonyl (C=O) groups is 1. The average molecular weight is 62.0 g/mol. The molecule has 0 spiro atoms. The Morgan fingerprint density at radius 2 is 2.25 bits per heavy atom. The highest BCUT2D eigenvalue weighted by molar-refractivity contribution is 5.35. The molecule has 0 bridgehead atoms. The van der Waals surface area contributed by atoms with Crippen molar-refractivity contribution < 1.29 is 14.9 Å². The Balaban J connectivity index is 2.30. The first-order chi connectivity index (χ1) is 1.91. The van der Waals surface area contributed by atoms with E-state index in [9.17, 15) is 0 Å². The normalized spacial score (nSPS) is 5.25. The maximum absolute atomic E-state index is 8.70. The second-order valence-electron chi connectivity index (χ2n) is 0.202. The zero-order chi connectivity index (χ0) is 3.41. The minimum Gasteiger partial charge on any atom is -0.247 e. The summed E-state index contributed by atoms with van der Waals surface area (Å²) in [5.74, 6) is 0. The van der Waals surface area contributed by atoms with E-state index < -0.39 is 0 Å². The van der Waals surface area contributed by atoms with Crippen molar-refractivity contribution in [3.05, 3.63) is 0 Å². The minimum atomic E-state index is -0.0694. The predicted octanol–water partition coefficient (Wildman–Crippen LogP) is -0.368. The Morgan fingerprint density at radius 1 is 2.00 bits per heavy atom. The van der Waals surface area contributed by atoms with Gasteiger partial charge in [0.15, 0.2) is 0 Å². The highest BCUT2D eigenvalue weighted by Gasteiger charge is 1.61. The molecule has 0 aromatic carbocycles. The van der Waals surface area contributed by atoms with E-state index >= 15 is 0 Å². The van der Waals surface area contributed by atoms with Gasteiger partial charge in [0.05, 0.1) is 0 Å². The van der Waals surface area contributed by atoms with Crippen LogP contribution in [0.4, 0.5) is 0 Å². The molecule has 0 amide bonds. The Labute approximate surface area is 22.7 Å². The van der Waals surface area contributed by atoms with E-state index in [1.54, 1.807) is 0 Å². The van der Waals surface area contributed by atoms with Crippen molar-refractivity contribution in [1.82, 2.24) is 0 Å². The van der Waals surface area contributed by atoms with Crippen LogP contribution in [-0.2, 0) is 9.68 Å². The molecule has 0 aliphatic rings. The molecule has 0 aliphatic carbocycles. The number of carbonyl (C=O) groups excluding carboxylic acids is 1. The average Bonchev–Trinajstić information content (AvgIpc) is 1.37. The van der Waals surface area contributed by atoms with Gasteiger partial charge in [-0.1, -0.05) is 0 Å². The summed E-state index contributed by atoms with van der Waals surface area (Å²) in [4.78, 5) is 11.6. The molecule has 0 aromatic heterocycles. The minimum absolute atomic E-state index is 0.0694. The largest absolute Gasteiger partial charge is 0.388 e. The van der Waals surface area contributed by atoms with E-state index in [4.69, 9.17) is 10.1 Å². The molecule has 0 rings (SSSR count). The van der Waals surface area contributed by atoms with E-state index in [2.05, 4.69) is 4.89 Å². The maximum atomic E-state index is 8.70. The van der Waals surface area contributed by atoms with Gasteiger partial charge in [0.1, 0.15) is 5.26 Å². The molecule has 3 nitrogen and oxygen atoms in total. The summed E-state index contributed by atoms with van der Waals surface area (Å²) in [7, 11) is 0. The van der Waals surface area contributed by atoms with Gasteiger partial charge in [-0.2, -0.15) is 0 Å². The second-order valence-corrected chi connectivity index (χ2v) is 0.202. The summed E-state index contributed by atoms with van der Waals surface area (Å²) < 4.78 is 0. The van der Waals surface area contributed by atoms with E-state index in [1.165, 1.54) is 0 Å². The van der Waals surface area contributed by atoms with Gasteiger partial charge in [0.2, 0.25) is 0 Å². The van der Waals surface area contributed by atoms with Gasteiger partial charge in [-0.05, 0) is 0 Å². The van der Waals surface area contributed by atoms with Gasteiger partial charge in [-0.15, -0.1) is 4.89 Å². The van der Waals surface area contributed by atoms with Gasteiger partial charge in [0, 0.05) is 0 Å². The van der Waals surface area contributed by atoms with Gasteiger partial charge >= 0.3 is 6.47 Å². The fraction of sp³-hybridized carbons (Fsp3) is 0. The van der Waals surface area contributed by atoms with Crippen LogP contribution in [0.1, 0.15) is 0 Å². The molecule has 1 N–H and O–H groups in total. The SMILES string of the molecule is O=CO[OH+]. The molecule has 0 unspecified atom stereocenters. The third-order valence-corrected chi connectivity index (χ3v) is 0.0430. The van der Waals surface area contributed by atoms with Crippen molar-refractivity contribution in [2.75, 3.05) is 0 Å². The number of hydrogen-bond acceptors (Lipinski definition) is 3. The molecule has 0 saturated carbocycles. The Hall–Kier alpha value is -0.570. The Morgan fingerprint density at radius 3 is 2.25 bits per heavy atom. The van der Waals surface area contributed by atoms with Crippen molar-refractivity contribution in [3.8, 4) is 0 Å². The van der Waals surface area contributed by atoms with Crippen LogP contribution in [-0.4, -0.2) is 11.7 Å². The zero-order valence-electron chi connectivity index (χ0n) is 1.84. The fourth-order valence-corrected chi connectivity index (χ4v) is 0. The monoisotopic (exact) mass is 62.0 g/mol. The van der Waals surface area contributed by atoms with Crippen LogP contribution >= 0.6 is 0 Å². The maximum Gasteiger partial charge on any atom is 0.388 e. The van der Waals surface area contributed by atoms with Gasteiger partial charge < -0.3 is 0 Å². The third-order valence-electron chi connectivity index (χ3n) is 0.0430. The van der Waals surface area contributed by atoms with E-state index in [-0.39, 0.29) is 6.47 Å². The Kier molecular flexibility index (Phi) is 2.08. The van der Waals surface area contributed by atoms with E-state index in [1.807, 2.05) is 0 Å². The molecule has 0 fully saturated rings. The molecule has 0 aliphatic heterocycles. The summed E-state index contributed by atoms with van der Waals surface area (Å²) in [5.41, 5.74) is 0. The van der Waals surface area contributed by atoms with Crippen LogP contribution in [0.3, 0.4) is 0 Å². The molecule has 1 radical (unpaired) electrons. The van der Waals surface area contributed by atoms with Gasteiger partial charge in [0.25, 0.3) is 0 Å². The highest BCUT2D eigenvalue weighted by atomic mass is 17.1. The first kappa shape index (κ1) is 3.43. The smallest absolute Gasteiger partial charge is 0.247 e. The van der Waals surface area contributed by atoms with Crippen molar-refractivity contribution >= 4 is 6.47 Å². The molecule has 23 valence electrons. The first-order valence-electron chi connectivity index (χ1n) is 0.654. The summed E-state index contributed by atoms with van der Waals surface area (Å²) in [6.45, 7) is -0.0694. The lowest BCUT2D eigenvalue weighted by Crippen LogP contribution is -1.69. The molecule has 0 aromatic rings. The van der Waals surface area contributed by atoms with Gasteiger partial charge in [-0.25, -0.2) is 4.79 Å². The number of rotatable bonds is 1. The van der Waals surface area contributed by atoms with Crippen molar-refractivity contribution in [2.45, 2.75) is 0 Å². The lowest BCUT2D eigenvalue weighted by Gasteiger charge is -1.45. The lowest BCUT2D eigenvalue weighted by molar-refractivity contribution is -0.217. The standard InChI is InChI=1S/CH2O3/c2-1-4-3/h1,3H/q+1. The van der Waals surface area contributed by atoms with E-state index in [0.717, 1.165) is 0 Å². The van der Waals surface area contributed by atoms with Gasteiger partial charge in [-0.3, -0.25) is 0 Å². The van der Waals surface area contributed by atoms with Crippen molar-refractivity contribution in [3.63, 3.8) is 0 Å². The molecule has 4 heavy (non-hydrogen) atoms. The number of hydrogen-bond donors (Lipinski definition) is 0. The molecular formula is CH2O3+. The molecule has 3 heteroatoms. The lowest BCUT2D eigenvalue weighted by atomic mass is 11.7. The quantitative estimate of drug-likeness (QED) is 0.180. The van der Waals surface area contributed by atoms with Crippen LogP contribution in [0.25, 0.3) is 0 Å². The fourth-order valence-electron chi connectivity index (χ4n) is 0. The summed E-state index contributed by atoms with van der Waals surface area (Å²) in [6.07, 6.45) is 0.